The molecule has 0 saturated heterocycles. The Kier molecular flexibility index (Phi) is 2.23. The van der Waals surface area contributed by atoms with Gasteiger partial charge in [0.15, 0.2) is 11.3 Å². The fourth-order valence-electron chi connectivity index (χ4n) is 1.24. The first-order chi connectivity index (χ1) is 6.81. The second kappa shape index (κ2) is 3.54. The molecule has 2 aromatic rings. The molecule has 0 fully saturated rings. The second-order valence-corrected chi connectivity index (χ2v) is 2.92. The molecule has 3 heteroatoms. The summed E-state index contributed by atoms with van der Waals surface area (Å²) in [6.45, 7) is 1.75. The van der Waals surface area contributed by atoms with Crippen molar-refractivity contribution in [3.63, 3.8) is 0 Å². The molecule has 14 heavy (non-hydrogen) atoms. The number of carbonyl (C=O) groups is 1. The van der Waals surface area contributed by atoms with Gasteiger partial charge in [-0.3, -0.25) is 4.79 Å². The molecule has 72 valence electrons. The van der Waals surface area contributed by atoms with Crippen LogP contribution >= 0.6 is 0 Å². The van der Waals surface area contributed by atoms with Crippen LogP contribution < -0.4 is 4.74 Å². The van der Waals surface area contributed by atoms with Gasteiger partial charge in [0, 0.05) is 11.8 Å². The first-order valence-electron chi connectivity index (χ1n) is 4.48. The first-order valence-corrected chi connectivity index (χ1v) is 4.48. The van der Waals surface area contributed by atoms with E-state index in [-0.39, 0.29) is 5.97 Å². The smallest absolute Gasteiger partial charge is 0.311 e. The molecular formula is C11H10O3. The minimum absolute atomic E-state index is 0.256. The number of ether oxygens (including phenoxy) is 1. The van der Waals surface area contributed by atoms with Crippen LogP contribution in [0.2, 0.25) is 0 Å². The van der Waals surface area contributed by atoms with Gasteiger partial charge in [-0.15, -0.1) is 0 Å². The lowest BCUT2D eigenvalue weighted by Gasteiger charge is -2.02. The summed E-state index contributed by atoms with van der Waals surface area (Å²) in [6.07, 6.45) is 1.94. The van der Waals surface area contributed by atoms with Crippen molar-refractivity contribution < 1.29 is 13.9 Å². The minimum Gasteiger partial charge on any atom is -0.460 e. The molecule has 1 aromatic carbocycles. The lowest BCUT2D eigenvalue weighted by molar-refractivity contribution is -0.133. The number of fused-ring (bicyclic) bond motifs is 1. The first kappa shape index (κ1) is 8.81. The minimum atomic E-state index is -0.256. The zero-order valence-electron chi connectivity index (χ0n) is 7.82. The van der Waals surface area contributed by atoms with Crippen molar-refractivity contribution in [2.24, 2.45) is 0 Å². The van der Waals surface area contributed by atoms with Crippen molar-refractivity contribution in [1.29, 1.82) is 0 Å². The van der Waals surface area contributed by atoms with Gasteiger partial charge in [-0.1, -0.05) is 19.1 Å². The maximum atomic E-state index is 11.1. The van der Waals surface area contributed by atoms with Gasteiger partial charge in [-0.25, -0.2) is 0 Å². The predicted octanol–water partition coefficient (Wildman–Crippen LogP) is 2.75. The summed E-state index contributed by atoms with van der Waals surface area (Å²) < 4.78 is 10.3. The van der Waals surface area contributed by atoms with Crippen LogP contribution in [-0.4, -0.2) is 5.97 Å². The van der Waals surface area contributed by atoms with Crippen LogP contribution in [0.3, 0.4) is 0 Å². The van der Waals surface area contributed by atoms with E-state index in [2.05, 4.69) is 0 Å². The van der Waals surface area contributed by atoms with Gasteiger partial charge in [0.05, 0.1) is 6.26 Å². The zero-order chi connectivity index (χ0) is 9.97. The Labute approximate surface area is 81.3 Å². The normalized spacial score (nSPS) is 10.4. The van der Waals surface area contributed by atoms with Crippen molar-refractivity contribution in [3.05, 3.63) is 30.5 Å². The molecular weight excluding hydrogens is 180 g/mol. The molecule has 0 N–H and O–H groups in total. The van der Waals surface area contributed by atoms with E-state index in [0.29, 0.717) is 17.8 Å². The van der Waals surface area contributed by atoms with Crippen molar-refractivity contribution in [2.45, 2.75) is 13.3 Å². The number of benzene rings is 1. The SMILES string of the molecule is CCC(=O)Oc1cccc2ccoc12. The molecule has 2 rings (SSSR count). The molecule has 0 spiro atoms. The molecule has 0 saturated carbocycles. The summed E-state index contributed by atoms with van der Waals surface area (Å²) in [5.41, 5.74) is 0.620. The monoisotopic (exact) mass is 190 g/mol. The molecule has 0 aliphatic heterocycles. The average molecular weight is 190 g/mol. The molecule has 1 heterocycles. The van der Waals surface area contributed by atoms with Gasteiger partial charge in [0.25, 0.3) is 0 Å². The molecule has 0 bridgehead atoms. The van der Waals surface area contributed by atoms with Crippen molar-refractivity contribution in [1.82, 2.24) is 0 Å². The highest BCUT2D eigenvalue weighted by Crippen LogP contribution is 2.26. The highest BCUT2D eigenvalue weighted by atomic mass is 16.5. The van der Waals surface area contributed by atoms with Crippen molar-refractivity contribution in [3.8, 4) is 5.75 Å². The van der Waals surface area contributed by atoms with E-state index in [1.807, 2.05) is 18.2 Å². The fraction of sp³-hybridized carbons (Fsp3) is 0.182. The Morgan fingerprint density at radius 1 is 1.43 bits per heavy atom. The van der Waals surface area contributed by atoms with Crippen LogP contribution in [0.1, 0.15) is 13.3 Å². The Balaban J connectivity index is 2.41. The van der Waals surface area contributed by atoms with Gasteiger partial charge in [0.1, 0.15) is 0 Å². The number of rotatable bonds is 2. The van der Waals surface area contributed by atoms with E-state index < -0.39 is 0 Å². The highest BCUT2D eigenvalue weighted by molar-refractivity contribution is 5.85. The molecule has 1 aromatic heterocycles. The van der Waals surface area contributed by atoms with Gasteiger partial charge in [-0.2, -0.15) is 0 Å². The molecule has 0 radical (unpaired) electrons. The lowest BCUT2D eigenvalue weighted by Crippen LogP contribution is -2.05. The fourth-order valence-corrected chi connectivity index (χ4v) is 1.24. The largest absolute Gasteiger partial charge is 0.460 e. The van der Waals surface area contributed by atoms with Gasteiger partial charge in [0.2, 0.25) is 0 Å². The van der Waals surface area contributed by atoms with Gasteiger partial charge < -0.3 is 9.15 Å². The Hall–Kier alpha value is -1.77. The number of para-hydroxylation sites is 1. The zero-order valence-corrected chi connectivity index (χ0v) is 7.82. The summed E-state index contributed by atoms with van der Waals surface area (Å²) in [6, 6.07) is 7.29. The van der Waals surface area contributed by atoms with E-state index in [9.17, 15) is 4.79 Å². The summed E-state index contributed by atoms with van der Waals surface area (Å²) in [5, 5.41) is 0.936. The highest BCUT2D eigenvalue weighted by Gasteiger charge is 2.07. The third-order valence-corrected chi connectivity index (χ3v) is 1.96. The summed E-state index contributed by atoms with van der Waals surface area (Å²) >= 11 is 0. The Morgan fingerprint density at radius 3 is 3.07 bits per heavy atom. The molecule has 0 atom stereocenters. The number of hydrogen-bond acceptors (Lipinski definition) is 3. The molecule has 0 unspecified atom stereocenters. The third kappa shape index (κ3) is 1.48. The number of furan rings is 1. The van der Waals surface area contributed by atoms with Crippen LogP contribution in [0.5, 0.6) is 5.75 Å². The molecule has 0 aliphatic carbocycles. The number of hydrogen-bond donors (Lipinski definition) is 0. The van der Waals surface area contributed by atoms with E-state index in [1.165, 1.54) is 0 Å². The maximum absolute atomic E-state index is 11.1. The van der Waals surface area contributed by atoms with E-state index in [1.54, 1.807) is 19.3 Å². The second-order valence-electron chi connectivity index (χ2n) is 2.92. The Morgan fingerprint density at radius 2 is 2.29 bits per heavy atom. The summed E-state index contributed by atoms with van der Waals surface area (Å²) in [4.78, 5) is 11.1. The lowest BCUT2D eigenvalue weighted by atomic mass is 10.2. The maximum Gasteiger partial charge on any atom is 0.311 e. The van der Waals surface area contributed by atoms with Gasteiger partial charge >= 0.3 is 5.97 Å². The van der Waals surface area contributed by atoms with Crippen LogP contribution in [0.15, 0.2) is 34.9 Å². The van der Waals surface area contributed by atoms with Gasteiger partial charge in [-0.05, 0) is 12.1 Å². The van der Waals surface area contributed by atoms with E-state index in [0.717, 1.165) is 5.39 Å². The Bertz CT molecular complexity index is 456. The van der Waals surface area contributed by atoms with Crippen LogP contribution in [0.4, 0.5) is 0 Å². The molecule has 0 amide bonds. The van der Waals surface area contributed by atoms with Crippen molar-refractivity contribution in [2.75, 3.05) is 0 Å². The van der Waals surface area contributed by atoms with E-state index >= 15 is 0 Å². The summed E-state index contributed by atoms with van der Waals surface area (Å²) in [7, 11) is 0. The number of esters is 1. The molecule has 0 aliphatic rings. The average Bonchev–Trinajstić information content (AvgIpc) is 2.66. The third-order valence-electron chi connectivity index (χ3n) is 1.96. The number of carbonyl (C=O) groups excluding carboxylic acids is 1. The van der Waals surface area contributed by atoms with Crippen LogP contribution in [0, 0.1) is 0 Å². The predicted molar refractivity (Wildman–Crippen MR) is 52.1 cm³/mol. The van der Waals surface area contributed by atoms with Crippen LogP contribution in [-0.2, 0) is 4.79 Å². The summed E-state index contributed by atoms with van der Waals surface area (Å²) in [5.74, 6) is 0.230. The quantitative estimate of drug-likeness (QED) is 0.540. The topological polar surface area (TPSA) is 39.4 Å². The molecule has 3 nitrogen and oxygen atoms in total. The van der Waals surface area contributed by atoms with Crippen molar-refractivity contribution >= 4 is 16.9 Å². The standard InChI is InChI=1S/C11H10O3/c1-2-10(12)14-9-5-3-4-8-6-7-13-11(8)9/h3-7H,2H2,1H3. The van der Waals surface area contributed by atoms with Crippen LogP contribution in [0.25, 0.3) is 11.0 Å². The van der Waals surface area contributed by atoms with E-state index in [4.69, 9.17) is 9.15 Å².